The average molecular weight is 247 g/mol. The second kappa shape index (κ2) is 4.27. The van der Waals surface area contributed by atoms with E-state index in [4.69, 9.17) is 5.73 Å². The molecule has 0 fully saturated rings. The summed E-state index contributed by atoms with van der Waals surface area (Å²) in [5.74, 6) is 1.43. The summed E-state index contributed by atoms with van der Waals surface area (Å²) in [6, 6.07) is 2.26. The van der Waals surface area contributed by atoms with Crippen LogP contribution in [0.3, 0.4) is 0 Å². The fraction of sp³-hybridized carbons (Fsp3) is 0.462. The minimum atomic E-state index is 0.0173. The van der Waals surface area contributed by atoms with Crippen molar-refractivity contribution in [1.29, 1.82) is 0 Å². The van der Waals surface area contributed by atoms with Crippen LogP contribution in [0.25, 0.3) is 0 Å². The van der Waals surface area contributed by atoms with Gasteiger partial charge in [-0.05, 0) is 36.3 Å². The highest BCUT2D eigenvalue weighted by atomic mass is 32.1. The van der Waals surface area contributed by atoms with E-state index in [1.165, 1.54) is 29.7 Å². The highest BCUT2D eigenvalue weighted by Crippen LogP contribution is 2.40. The van der Waals surface area contributed by atoms with Crippen LogP contribution in [0.5, 0.6) is 0 Å². The number of nitrogens with two attached hydrogens (primary N) is 1. The minimum absolute atomic E-state index is 0.0173. The van der Waals surface area contributed by atoms with Crippen molar-refractivity contribution in [3.8, 4) is 0 Å². The van der Waals surface area contributed by atoms with E-state index in [-0.39, 0.29) is 6.04 Å². The summed E-state index contributed by atoms with van der Waals surface area (Å²) in [6.07, 6.45) is 7.43. The number of fused-ring (bicyclic) bond motifs is 1. The summed E-state index contributed by atoms with van der Waals surface area (Å²) in [6.45, 7) is 0. The molecule has 0 aromatic carbocycles. The van der Waals surface area contributed by atoms with E-state index in [2.05, 4.69) is 16.4 Å². The largest absolute Gasteiger partial charge is 0.337 e. The molecular weight excluding hydrogens is 230 g/mol. The van der Waals surface area contributed by atoms with Crippen molar-refractivity contribution in [3.63, 3.8) is 0 Å². The molecule has 0 radical (unpaired) electrons. The maximum absolute atomic E-state index is 6.41. The second-order valence-corrected chi connectivity index (χ2v) is 5.72. The van der Waals surface area contributed by atoms with Crippen molar-refractivity contribution >= 4 is 11.3 Å². The molecule has 3 rings (SSSR count). The number of nitrogens with zero attached hydrogens (tertiary/aromatic N) is 2. The van der Waals surface area contributed by atoms with Gasteiger partial charge in [0.1, 0.15) is 5.82 Å². The first kappa shape index (κ1) is 11.0. The summed E-state index contributed by atoms with van der Waals surface area (Å²) in [7, 11) is 2.01. The van der Waals surface area contributed by atoms with Gasteiger partial charge in [0.2, 0.25) is 0 Å². The quantitative estimate of drug-likeness (QED) is 0.886. The van der Waals surface area contributed by atoms with Crippen molar-refractivity contribution < 1.29 is 0 Å². The molecule has 2 aromatic heterocycles. The summed E-state index contributed by atoms with van der Waals surface area (Å²) < 4.78 is 2.03. The maximum atomic E-state index is 6.41. The van der Waals surface area contributed by atoms with Gasteiger partial charge in [-0.3, -0.25) is 0 Å². The molecule has 2 aromatic rings. The lowest BCUT2D eigenvalue weighted by molar-refractivity contribution is 0.455. The van der Waals surface area contributed by atoms with Gasteiger partial charge in [0.05, 0.1) is 6.04 Å². The molecule has 1 aliphatic rings. The van der Waals surface area contributed by atoms with Crippen LogP contribution in [0.2, 0.25) is 0 Å². The van der Waals surface area contributed by atoms with Crippen LogP contribution >= 0.6 is 11.3 Å². The van der Waals surface area contributed by atoms with Gasteiger partial charge >= 0.3 is 0 Å². The molecule has 2 heterocycles. The van der Waals surface area contributed by atoms with Crippen LogP contribution in [0, 0.1) is 0 Å². The highest BCUT2D eigenvalue weighted by molar-refractivity contribution is 7.10. The number of rotatable bonds is 2. The van der Waals surface area contributed by atoms with Crippen LogP contribution in [-0.4, -0.2) is 9.55 Å². The van der Waals surface area contributed by atoms with Gasteiger partial charge in [0, 0.05) is 30.2 Å². The van der Waals surface area contributed by atoms with Crippen molar-refractivity contribution in [2.75, 3.05) is 0 Å². The molecule has 0 saturated heterocycles. The third-order valence-corrected chi connectivity index (χ3v) is 4.68. The SMILES string of the molecule is Cn1ccnc1C(N)C1CCCc2sccc21. The molecule has 17 heavy (non-hydrogen) atoms. The molecule has 0 spiro atoms. The number of aromatic nitrogens is 2. The molecule has 90 valence electrons. The van der Waals surface area contributed by atoms with E-state index in [1.54, 1.807) is 0 Å². The average Bonchev–Trinajstić information content (AvgIpc) is 2.95. The zero-order valence-corrected chi connectivity index (χ0v) is 10.8. The zero-order chi connectivity index (χ0) is 11.8. The lowest BCUT2D eigenvalue weighted by Crippen LogP contribution is -2.25. The number of hydrogen-bond donors (Lipinski definition) is 1. The van der Waals surface area contributed by atoms with Gasteiger partial charge in [0.25, 0.3) is 0 Å². The molecule has 2 N–H and O–H groups in total. The van der Waals surface area contributed by atoms with E-state index in [1.807, 2.05) is 35.3 Å². The monoisotopic (exact) mass is 247 g/mol. The molecule has 1 aliphatic carbocycles. The van der Waals surface area contributed by atoms with Crippen LogP contribution in [0.15, 0.2) is 23.8 Å². The van der Waals surface area contributed by atoms with Gasteiger partial charge in [-0.25, -0.2) is 4.98 Å². The number of thiophene rings is 1. The molecule has 0 amide bonds. The molecule has 2 atom stereocenters. The molecule has 0 aliphatic heterocycles. The third-order valence-electron chi connectivity index (χ3n) is 3.69. The molecule has 0 saturated carbocycles. The lowest BCUT2D eigenvalue weighted by Gasteiger charge is -2.27. The fourth-order valence-corrected chi connectivity index (χ4v) is 3.77. The van der Waals surface area contributed by atoms with Crippen molar-refractivity contribution in [2.24, 2.45) is 12.8 Å². The maximum Gasteiger partial charge on any atom is 0.125 e. The molecular formula is C13H17N3S. The standard InChI is InChI=1S/C13H17N3S/c1-16-7-6-15-13(16)12(14)10-3-2-4-11-9(10)5-8-17-11/h5-8,10,12H,2-4,14H2,1H3. The van der Waals surface area contributed by atoms with Gasteiger partial charge in [0.15, 0.2) is 0 Å². The van der Waals surface area contributed by atoms with E-state index in [0.717, 1.165) is 5.82 Å². The number of hydrogen-bond acceptors (Lipinski definition) is 3. The van der Waals surface area contributed by atoms with Crippen LogP contribution in [0.4, 0.5) is 0 Å². The van der Waals surface area contributed by atoms with Crippen LogP contribution in [-0.2, 0) is 13.5 Å². The lowest BCUT2D eigenvalue weighted by atomic mass is 9.82. The second-order valence-electron chi connectivity index (χ2n) is 4.72. The first-order valence-corrected chi connectivity index (χ1v) is 6.94. The van der Waals surface area contributed by atoms with E-state index in [0.29, 0.717) is 5.92 Å². The summed E-state index contributed by atoms with van der Waals surface area (Å²) in [5.41, 5.74) is 7.87. The summed E-state index contributed by atoms with van der Waals surface area (Å²) in [4.78, 5) is 5.91. The van der Waals surface area contributed by atoms with Crippen molar-refractivity contribution in [1.82, 2.24) is 9.55 Å². The summed E-state index contributed by atoms with van der Waals surface area (Å²) in [5, 5.41) is 2.19. The molecule has 0 bridgehead atoms. The number of aryl methyl sites for hydroxylation is 2. The zero-order valence-electron chi connectivity index (χ0n) is 9.97. The first-order valence-electron chi connectivity index (χ1n) is 6.06. The van der Waals surface area contributed by atoms with E-state index < -0.39 is 0 Å². The van der Waals surface area contributed by atoms with Crippen LogP contribution in [0.1, 0.15) is 41.1 Å². The molecule has 2 unspecified atom stereocenters. The first-order chi connectivity index (χ1) is 8.27. The minimum Gasteiger partial charge on any atom is -0.337 e. The Labute approximate surface area is 105 Å². The smallest absolute Gasteiger partial charge is 0.125 e. The third kappa shape index (κ3) is 1.81. The van der Waals surface area contributed by atoms with Crippen LogP contribution < -0.4 is 5.73 Å². The Bertz CT molecular complexity index is 514. The van der Waals surface area contributed by atoms with Crippen molar-refractivity contribution in [3.05, 3.63) is 40.1 Å². The normalized spacial score (nSPS) is 21.2. The van der Waals surface area contributed by atoms with Gasteiger partial charge < -0.3 is 10.3 Å². The fourth-order valence-electron chi connectivity index (χ4n) is 2.77. The Morgan fingerprint density at radius 1 is 1.59 bits per heavy atom. The Morgan fingerprint density at radius 2 is 2.47 bits per heavy atom. The predicted octanol–water partition coefficient (Wildman–Crippen LogP) is 2.60. The summed E-state index contributed by atoms with van der Waals surface area (Å²) >= 11 is 1.87. The van der Waals surface area contributed by atoms with Gasteiger partial charge in [-0.2, -0.15) is 0 Å². The Kier molecular flexibility index (Phi) is 2.76. The van der Waals surface area contributed by atoms with Crippen molar-refractivity contribution in [2.45, 2.75) is 31.2 Å². The number of imidazole rings is 1. The Hall–Kier alpha value is -1.13. The molecule has 3 nitrogen and oxygen atoms in total. The van der Waals surface area contributed by atoms with E-state index >= 15 is 0 Å². The molecule has 4 heteroatoms. The van der Waals surface area contributed by atoms with Gasteiger partial charge in [-0.15, -0.1) is 11.3 Å². The topological polar surface area (TPSA) is 43.8 Å². The predicted molar refractivity (Wildman–Crippen MR) is 70.1 cm³/mol. The highest BCUT2D eigenvalue weighted by Gasteiger charge is 2.29. The van der Waals surface area contributed by atoms with Gasteiger partial charge in [-0.1, -0.05) is 0 Å². The van der Waals surface area contributed by atoms with E-state index in [9.17, 15) is 0 Å². The Balaban J connectivity index is 1.94. The Morgan fingerprint density at radius 3 is 3.24 bits per heavy atom.